The van der Waals surface area contributed by atoms with E-state index in [-0.39, 0.29) is 0 Å². The van der Waals surface area contributed by atoms with Crippen molar-refractivity contribution in [2.45, 2.75) is 38.5 Å². The Morgan fingerprint density at radius 2 is 1.85 bits per heavy atom. The van der Waals surface area contributed by atoms with Crippen molar-refractivity contribution in [2.24, 2.45) is 5.41 Å². The number of nitrogens with two attached hydrogens (primary N) is 1. The maximum absolute atomic E-state index is 5.92. The number of imidazole rings is 1. The van der Waals surface area contributed by atoms with Crippen molar-refractivity contribution < 1.29 is 0 Å². The highest BCUT2D eigenvalue weighted by molar-refractivity contribution is 5.66. The van der Waals surface area contributed by atoms with Crippen LogP contribution in [0.15, 0.2) is 18.6 Å². The lowest BCUT2D eigenvalue weighted by Crippen LogP contribution is -2.39. The zero-order valence-electron chi connectivity index (χ0n) is 11.8. The largest absolute Gasteiger partial charge is 0.382 e. The van der Waals surface area contributed by atoms with E-state index in [1.54, 1.807) is 0 Å². The van der Waals surface area contributed by atoms with Crippen LogP contribution in [0.5, 0.6) is 0 Å². The lowest BCUT2D eigenvalue weighted by molar-refractivity contribution is 0.226. The first-order valence-corrected chi connectivity index (χ1v) is 7.60. The van der Waals surface area contributed by atoms with Crippen molar-refractivity contribution in [1.29, 1.82) is 0 Å². The van der Waals surface area contributed by atoms with Gasteiger partial charge in [-0.25, -0.2) is 9.97 Å². The SMILES string of the molecule is Nc1cn2ccnc2c(N2CCC3(CCCC3)CC2)n1. The number of anilines is 2. The van der Waals surface area contributed by atoms with Gasteiger partial charge in [0.1, 0.15) is 5.82 Å². The number of rotatable bonds is 1. The van der Waals surface area contributed by atoms with Gasteiger partial charge >= 0.3 is 0 Å². The highest BCUT2D eigenvalue weighted by Crippen LogP contribution is 2.46. The van der Waals surface area contributed by atoms with E-state index in [9.17, 15) is 0 Å². The van der Waals surface area contributed by atoms with Gasteiger partial charge in [0.05, 0.1) is 6.20 Å². The van der Waals surface area contributed by atoms with Crippen molar-refractivity contribution in [2.75, 3.05) is 23.7 Å². The van der Waals surface area contributed by atoms with Crippen LogP contribution in [0.1, 0.15) is 38.5 Å². The van der Waals surface area contributed by atoms with Gasteiger partial charge in [-0.2, -0.15) is 0 Å². The van der Waals surface area contributed by atoms with Crippen molar-refractivity contribution >= 4 is 17.3 Å². The number of fused-ring (bicyclic) bond motifs is 1. The molecule has 1 saturated heterocycles. The molecule has 2 fully saturated rings. The van der Waals surface area contributed by atoms with Crippen molar-refractivity contribution in [3.8, 4) is 0 Å². The van der Waals surface area contributed by atoms with Crippen molar-refractivity contribution in [3.05, 3.63) is 18.6 Å². The summed E-state index contributed by atoms with van der Waals surface area (Å²) in [5.41, 5.74) is 7.47. The molecule has 2 aromatic rings. The van der Waals surface area contributed by atoms with Crippen LogP contribution < -0.4 is 10.6 Å². The Labute approximate surface area is 118 Å². The number of hydrogen-bond donors (Lipinski definition) is 1. The van der Waals surface area contributed by atoms with Gasteiger partial charge in [-0.15, -0.1) is 0 Å². The Hall–Kier alpha value is -1.78. The molecule has 1 aliphatic carbocycles. The van der Waals surface area contributed by atoms with Gasteiger partial charge in [0.25, 0.3) is 0 Å². The molecule has 20 heavy (non-hydrogen) atoms. The predicted octanol–water partition coefficient (Wildman–Crippen LogP) is 2.47. The summed E-state index contributed by atoms with van der Waals surface area (Å²) < 4.78 is 1.97. The van der Waals surface area contributed by atoms with Gasteiger partial charge in [0.15, 0.2) is 11.5 Å². The monoisotopic (exact) mass is 271 g/mol. The lowest BCUT2D eigenvalue weighted by Gasteiger charge is -2.39. The van der Waals surface area contributed by atoms with E-state index in [0.29, 0.717) is 11.2 Å². The van der Waals surface area contributed by atoms with Gasteiger partial charge in [-0.1, -0.05) is 12.8 Å². The molecule has 2 N–H and O–H groups in total. The van der Waals surface area contributed by atoms with E-state index >= 15 is 0 Å². The Balaban J connectivity index is 1.62. The molecule has 2 aromatic heterocycles. The van der Waals surface area contributed by atoms with Crippen LogP contribution >= 0.6 is 0 Å². The number of nitrogens with zero attached hydrogens (tertiary/aromatic N) is 4. The molecule has 0 bridgehead atoms. The molecule has 5 nitrogen and oxygen atoms in total. The number of nitrogen functional groups attached to an aromatic ring is 1. The number of aromatic nitrogens is 3. The highest BCUT2D eigenvalue weighted by atomic mass is 15.2. The minimum absolute atomic E-state index is 0.562. The molecule has 106 valence electrons. The second-order valence-electron chi connectivity index (χ2n) is 6.34. The normalized spacial score (nSPS) is 21.9. The summed E-state index contributed by atoms with van der Waals surface area (Å²) in [6, 6.07) is 0. The van der Waals surface area contributed by atoms with Crippen LogP contribution in [0.2, 0.25) is 0 Å². The third kappa shape index (κ3) is 1.84. The second-order valence-corrected chi connectivity index (χ2v) is 6.34. The van der Waals surface area contributed by atoms with Crippen molar-refractivity contribution in [1.82, 2.24) is 14.4 Å². The van der Waals surface area contributed by atoms with Gasteiger partial charge < -0.3 is 15.0 Å². The summed E-state index contributed by atoms with van der Waals surface area (Å²) in [4.78, 5) is 11.3. The van der Waals surface area contributed by atoms with Gasteiger partial charge in [0.2, 0.25) is 0 Å². The van der Waals surface area contributed by atoms with E-state index in [4.69, 9.17) is 5.73 Å². The summed E-state index contributed by atoms with van der Waals surface area (Å²) in [6.07, 6.45) is 13.8. The van der Waals surface area contributed by atoms with E-state index in [0.717, 1.165) is 24.6 Å². The van der Waals surface area contributed by atoms with E-state index in [1.165, 1.54) is 38.5 Å². The topological polar surface area (TPSA) is 59.5 Å². The summed E-state index contributed by atoms with van der Waals surface area (Å²) in [6.45, 7) is 2.16. The van der Waals surface area contributed by atoms with E-state index in [2.05, 4.69) is 14.9 Å². The van der Waals surface area contributed by atoms with Crippen molar-refractivity contribution in [3.63, 3.8) is 0 Å². The Bertz CT molecular complexity index is 616. The first kappa shape index (κ1) is 12.0. The fraction of sp³-hybridized carbons (Fsp3) is 0.600. The molecule has 0 atom stereocenters. The molecule has 0 unspecified atom stereocenters. The molecule has 1 aliphatic heterocycles. The molecule has 0 radical (unpaired) electrons. The molecule has 4 rings (SSSR count). The lowest BCUT2D eigenvalue weighted by atomic mass is 9.77. The molecule has 3 heterocycles. The maximum atomic E-state index is 5.92. The van der Waals surface area contributed by atoms with Crippen LogP contribution in [0, 0.1) is 5.41 Å². The van der Waals surface area contributed by atoms with E-state index in [1.807, 2.05) is 23.0 Å². The van der Waals surface area contributed by atoms with Gasteiger partial charge in [-0.05, 0) is 31.1 Å². The fourth-order valence-electron chi connectivity index (χ4n) is 3.96. The molecule has 1 saturated carbocycles. The third-order valence-electron chi connectivity index (χ3n) is 5.16. The third-order valence-corrected chi connectivity index (χ3v) is 5.16. The molecule has 0 aromatic carbocycles. The fourth-order valence-corrected chi connectivity index (χ4v) is 3.96. The van der Waals surface area contributed by atoms with Crippen LogP contribution in [0.25, 0.3) is 5.65 Å². The van der Waals surface area contributed by atoms with Gasteiger partial charge in [-0.3, -0.25) is 0 Å². The van der Waals surface area contributed by atoms with Crippen LogP contribution in [-0.2, 0) is 0 Å². The average Bonchev–Trinajstić information content (AvgIpc) is 3.08. The second kappa shape index (κ2) is 4.36. The quantitative estimate of drug-likeness (QED) is 0.865. The van der Waals surface area contributed by atoms with Crippen LogP contribution in [0.4, 0.5) is 11.6 Å². The molecule has 5 heteroatoms. The summed E-state index contributed by atoms with van der Waals surface area (Å²) in [5.74, 6) is 1.51. The average molecular weight is 271 g/mol. The Morgan fingerprint density at radius 1 is 1.10 bits per heavy atom. The first-order chi connectivity index (χ1) is 9.76. The zero-order chi connectivity index (χ0) is 13.6. The van der Waals surface area contributed by atoms with E-state index < -0.39 is 0 Å². The molecular formula is C15H21N5. The van der Waals surface area contributed by atoms with Gasteiger partial charge in [0, 0.05) is 25.5 Å². The summed E-state index contributed by atoms with van der Waals surface area (Å²) >= 11 is 0. The van der Waals surface area contributed by atoms with Crippen LogP contribution in [-0.4, -0.2) is 27.5 Å². The molecule has 1 spiro atoms. The zero-order valence-corrected chi connectivity index (χ0v) is 11.8. The Kier molecular flexibility index (Phi) is 2.62. The minimum Gasteiger partial charge on any atom is -0.382 e. The minimum atomic E-state index is 0.562. The summed E-state index contributed by atoms with van der Waals surface area (Å²) in [7, 11) is 0. The predicted molar refractivity (Wildman–Crippen MR) is 79.7 cm³/mol. The molecular weight excluding hydrogens is 250 g/mol. The molecule has 2 aliphatic rings. The van der Waals surface area contributed by atoms with Crippen LogP contribution in [0.3, 0.4) is 0 Å². The standard InChI is InChI=1S/C15H21N5/c16-12-11-20-10-7-17-13(20)14(18-12)19-8-5-15(6-9-19)3-1-2-4-15/h7,10-11H,1-6,8-9,16H2. The number of hydrogen-bond acceptors (Lipinski definition) is 4. The highest BCUT2D eigenvalue weighted by Gasteiger charge is 2.37. The Morgan fingerprint density at radius 3 is 2.60 bits per heavy atom. The smallest absolute Gasteiger partial charge is 0.180 e. The molecule has 0 amide bonds. The first-order valence-electron chi connectivity index (χ1n) is 7.60. The number of piperidine rings is 1. The maximum Gasteiger partial charge on any atom is 0.180 e. The summed E-state index contributed by atoms with van der Waals surface area (Å²) in [5, 5.41) is 0.